The minimum Gasteiger partial charge on any atom is -0.406 e. The van der Waals surface area contributed by atoms with Crippen LogP contribution in [0.4, 0.5) is 23.2 Å². The van der Waals surface area contributed by atoms with Gasteiger partial charge in [0.25, 0.3) is 5.56 Å². The van der Waals surface area contributed by atoms with Crippen LogP contribution in [0.2, 0.25) is 0 Å². The highest BCUT2D eigenvalue weighted by atomic mass is 19.4. The van der Waals surface area contributed by atoms with Crippen molar-refractivity contribution in [1.29, 1.82) is 0 Å². The third-order valence-electron chi connectivity index (χ3n) is 4.25. The maximum absolute atomic E-state index is 13.1. The summed E-state index contributed by atoms with van der Waals surface area (Å²) in [4.78, 5) is 24.8. The number of rotatable bonds is 6. The number of aromatic nitrogens is 2. The van der Waals surface area contributed by atoms with Crippen LogP contribution >= 0.6 is 0 Å². The zero-order valence-electron chi connectivity index (χ0n) is 15.7. The number of aryl methyl sites for hydroxylation is 1. The van der Waals surface area contributed by atoms with Gasteiger partial charge in [-0.15, -0.1) is 13.2 Å². The Labute approximate surface area is 168 Å². The number of nitrogens with zero attached hydrogens (tertiary/aromatic N) is 1. The summed E-state index contributed by atoms with van der Waals surface area (Å²) in [5, 5.41) is 5.44. The quantitative estimate of drug-likeness (QED) is 0.587. The predicted octanol–water partition coefficient (Wildman–Crippen LogP) is 4.08. The van der Waals surface area contributed by atoms with Crippen molar-refractivity contribution in [1.82, 2.24) is 9.78 Å². The van der Waals surface area contributed by atoms with E-state index < -0.39 is 23.8 Å². The Kier molecular flexibility index (Phi) is 5.95. The summed E-state index contributed by atoms with van der Waals surface area (Å²) in [6.07, 6.45) is -4.66. The van der Waals surface area contributed by atoms with E-state index in [9.17, 15) is 27.2 Å². The van der Waals surface area contributed by atoms with Crippen molar-refractivity contribution in [3.63, 3.8) is 0 Å². The Balaban J connectivity index is 1.62. The molecule has 30 heavy (non-hydrogen) atoms. The molecule has 0 radical (unpaired) electrons. The van der Waals surface area contributed by atoms with Crippen molar-refractivity contribution in [2.75, 3.05) is 5.32 Å². The van der Waals surface area contributed by atoms with Crippen molar-refractivity contribution >= 4 is 11.6 Å². The fourth-order valence-electron chi connectivity index (χ4n) is 2.85. The number of H-pyrrole nitrogens is 1. The molecule has 0 saturated carbocycles. The van der Waals surface area contributed by atoms with Crippen LogP contribution in [0.1, 0.15) is 17.7 Å². The van der Waals surface area contributed by atoms with Gasteiger partial charge in [0.1, 0.15) is 11.6 Å². The lowest BCUT2D eigenvalue weighted by atomic mass is 10.1. The maximum atomic E-state index is 13.1. The molecule has 158 valence electrons. The van der Waals surface area contributed by atoms with Gasteiger partial charge in [-0.25, -0.2) is 9.07 Å². The van der Waals surface area contributed by atoms with Gasteiger partial charge in [0, 0.05) is 23.4 Å². The van der Waals surface area contributed by atoms with Gasteiger partial charge < -0.3 is 10.1 Å². The summed E-state index contributed by atoms with van der Waals surface area (Å²) in [6.45, 7) is 1.69. The van der Waals surface area contributed by atoms with Gasteiger partial charge in [0.05, 0.1) is 5.69 Å². The number of carbonyl (C=O) groups is 1. The van der Waals surface area contributed by atoms with Crippen molar-refractivity contribution in [3.8, 4) is 11.4 Å². The number of nitrogens with one attached hydrogen (secondary N) is 2. The first-order valence-electron chi connectivity index (χ1n) is 8.84. The number of ether oxygens (including phenoxy) is 1. The smallest absolute Gasteiger partial charge is 0.406 e. The number of halogens is 4. The molecule has 0 saturated heterocycles. The lowest BCUT2D eigenvalue weighted by Crippen LogP contribution is -2.19. The number of alkyl halides is 3. The Bertz CT molecular complexity index is 1080. The van der Waals surface area contributed by atoms with Gasteiger partial charge in [0.2, 0.25) is 5.91 Å². The zero-order chi connectivity index (χ0) is 21.9. The molecule has 0 unspecified atom stereocenters. The standard InChI is InChI=1S/C20H17F4N3O3/c1-12-17(19(29)27(26-12)15-6-2-13(21)3-7-15)10-11-18(28)25-14-4-8-16(9-5-14)30-20(22,23)24/h2-9,26H,10-11H2,1H3,(H,25,28). The van der Waals surface area contributed by atoms with Gasteiger partial charge >= 0.3 is 6.36 Å². The molecule has 1 heterocycles. The summed E-state index contributed by atoms with van der Waals surface area (Å²) in [5.74, 6) is -1.23. The second kappa shape index (κ2) is 8.44. The van der Waals surface area contributed by atoms with E-state index >= 15 is 0 Å². The highest BCUT2D eigenvalue weighted by molar-refractivity contribution is 5.90. The second-order valence-corrected chi connectivity index (χ2v) is 6.45. The molecular formula is C20H17F4N3O3. The number of hydrogen-bond donors (Lipinski definition) is 2. The van der Waals surface area contributed by atoms with Crippen LogP contribution in [-0.4, -0.2) is 22.1 Å². The molecule has 10 heteroatoms. The van der Waals surface area contributed by atoms with E-state index in [1.807, 2.05) is 0 Å². The first kappa shape index (κ1) is 21.2. The van der Waals surface area contributed by atoms with Gasteiger partial charge in [-0.3, -0.25) is 14.7 Å². The lowest BCUT2D eigenvalue weighted by molar-refractivity contribution is -0.274. The molecule has 3 aromatic rings. The summed E-state index contributed by atoms with van der Waals surface area (Å²) < 4.78 is 54.6. The Morgan fingerprint density at radius 2 is 1.73 bits per heavy atom. The van der Waals surface area contributed by atoms with Gasteiger partial charge in [-0.2, -0.15) is 0 Å². The van der Waals surface area contributed by atoms with Gasteiger partial charge in [0.15, 0.2) is 0 Å². The maximum Gasteiger partial charge on any atom is 0.573 e. The molecule has 0 aliphatic rings. The Morgan fingerprint density at radius 3 is 2.33 bits per heavy atom. The van der Waals surface area contributed by atoms with Crippen molar-refractivity contribution in [2.24, 2.45) is 0 Å². The number of benzene rings is 2. The molecule has 1 amide bonds. The van der Waals surface area contributed by atoms with E-state index in [4.69, 9.17) is 0 Å². The van der Waals surface area contributed by atoms with Crippen LogP contribution in [0.25, 0.3) is 5.69 Å². The second-order valence-electron chi connectivity index (χ2n) is 6.45. The van der Waals surface area contributed by atoms with E-state index in [0.717, 1.165) is 12.1 Å². The fourth-order valence-corrected chi connectivity index (χ4v) is 2.85. The molecular weight excluding hydrogens is 406 g/mol. The third kappa shape index (κ3) is 5.28. The Morgan fingerprint density at radius 1 is 1.10 bits per heavy atom. The van der Waals surface area contributed by atoms with Crippen LogP contribution in [-0.2, 0) is 11.2 Å². The van der Waals surface area contributed by atoms with Gasteiger partial charge in [-0.1, -0.05) is 0 Å². The van der Waals surface area contributed by atoms with Crippen LogP contribution in [0.5, 0.6) is 5.75 Å². The number of hydrogen-bond acceptors (Lipinski definition) is 3. The monoisotopic (exact) mass is 423 g/mol. The summed E-state index contributed by atoms with van der Waals surface area (Å²) in [5.41, 5.74) is 1.39. The molecule has 0 fully saturated rings. The fraction of sp³-hybridized carbons (Fsp3) is 0.200. The van der Waals surface area contributed by atoms with E-state index in [-0.39, 0.29) is 18.4 Å². The summed E-state index contributed by atoms with van der Waals surface area (Å²) >= 11 is 0. The largest absolute Gasteiger partial charge is 0.573 e. The number of carbonyl (C=O) groups excluding carboxylic acids is 1. The number of aromatic amines is 1. The average Bonchev–Trinajstić information content (AvgIpc) is 2.95. The first-order valence-corrected chi connectivity index (χ1v) is 8.84. The topological polar surface area (TPSA) is 76.1 Å². The van der Waals surface area contributed by atoms with Crippen molar-refractivity contribution in [3.05, 3.63) is 76.0 Å². The third-order valence-corrected chi connectivity index (χ3v) is 4.25. The average molecular weight is 423 g/mol. The van der Waals surface area contributed by atoms with Crippen LogP contribution < -0.4 is 15.6 Å². The van der Waals surface area contributed by atoms with Crippen molar-refractivity contribution in [2.45, 2.75) is 26.1 Å². The predicted molar refractivity (Wildman–Crippen MR) is 101 cm³/mol. The summed E-state index contributed by atoms with van der Waals surface area (Å²) in [6, 6.07) is 10.1. The molecule has 0 aliphatic heterocycles. The Hall–Kier alpha value is -3.56. The zero-order valence-corrected chi connectivity index (χ0v) is 15.7. The van der Waals surface area contributed by atoms with Crippen LogP contribution in [0.3, 0.4) is 0 Å². The highest BCUT2D eigenvalue weighted by Gasteiger charge is 2.30. The summed E-state index contributed by atoms with van der Waals surface area (Å²) in [7, 11) is 0. The lowest BCUT2D eigenvalue weighted by Gasteiger charge is -2.10. The normalized spacial score (nSPS) is 11.4. The highest BCUT2D eigenvalue weighted by Crippen LogP contribution is 2.24. The SMILES string of the molecule is Cc1[nH]n(-c2ccc(F)cc2)c(=O)c1CCC(=O)Nc1ccc(OC(F)(F)F)cc1. The van der Waals surface area contributed by atoms with Crippen molar-refractivity contribution < 1.29 is 27.1 Å². The molecule has 2 N–H and O–H groups in total. The molecule has 0 spiro atoms. The molecule has 3 rings (SSSR count). The van der Waals surface area contributed by atoms with E-state index in [2.05, 4.69) is 15.2 Å². The van der Waals surface area contributed by atoms with E-state index in [1.165, 1.54) is 41.1 Å². The van der Waals surface area contributed by atoms with E-state index in [1.54, 1.807) is 6.92 Å². The molecule has 0 aliphatic carbocycles. The van der Waals surface area contributed by atoms with Crippen LogP contribution in [0.15, 0.2) is 53.3 Å². The molecule has 2 aromatic carbocycles. The molecule has 6 nitrogen and oxygen atoms in total. The van der Waals surface area contributed by atoms with E-state index in [0.29, 0.717) is 22.6 Å². The minimum absolute atomic E-state index is 0.0157. The first-order chi connectivity index (χ1) is 14.1. The van der Waals surface area contributed by atoms with Gasteiger partial charge in [-0.05, 0) is 61.9 Å². The minimum atomic E-state index is -4.79. The number of amides is 1. The number of anilines is 1. The molecule has 1 aromatic heterocycles. The molecule has 0 atom stereocenters. The molecule has 0 bridgehead atoms. The van der Waals surface area contributed by atoms with Crippen LogP contribution in [0, 0.1) is 12.7 Å².